The lowest BCUT2D eigenvalue weighted by molar-refractivity contribution is 0.0478. The highest BCUT2D eigenvalue weighted by atomic mass is 16.5. The van der Waals surface area contributed by atoms with Gasteiger partial charge in [0.1, 0.15) is 0 Å². The van der Waals surface area contributed by atoms with Crippen molar-refractivity contribution in [3.8, 4) is 0 Å². The number of nitrogens with one attached hydrogen (secondary N) is 1. The van der Waals surface area contributed by atoms with Crippen LogP contribution in [0.2, 0.25) is 0 Å². The Hall–Kier alpha value is -0.940. The first-order chi connectivity index (χ1) is 9.77. The van der Waals surface area contributed by atoms with E-state index in [2.05, 4.69) is 36.5 Å². The minimum atomic E-state index is 0.240. The van der Waals surface area contributed by atoms with Crippen molar-refractivity contribution in [3.63, 3.8) is 0 Å². The molecule has 4 heteroatoms. The molecule has 114 valence electrons. The Bertz CT molecular complexity index is 357. The summed E-state index contributed by atoms with van der Waals surface area (Å²) in [6.07, 6.45) is 0.911. The third-order valence-electron chi connectivity index (χ3n) is 3.09. The van der Waals surface area contributed by atoms with Crippen molar-refractivity contribution < 1.29 is 14.2 Å². The summed E-state index contributed by atoms with van der Waals surface area (Å²) >= 11 is 0. The van der Waals surface area contributed by atoms with Crippen LogP contribution in [0.5, 0.6) is 0 Å². The molecule has 0 aliphatic carbocycles. The maximum atomic E-state index is 5.71. The van der Waals surface area contributed by atoms with Gasteiger partial charge >= 0.3 is 0 Å². The predicted octanol–water partition coefficient (Wildman–Crippen LogP) is 2.33. The van der Waals surface area contributed by atoms with Gasteiger partial charge < -0.3 is 19.5 Å². The van der Waals surface area contributed by atoms with Crippen LogP contribution in [0.4, 0.5) is 0 Å². The van der Waals surface area contributed by atoms with Gasteiger partial charge in [-0.1, -0.05) is 29.8 Å². The summed E-state index contributed by atoms with van der Waals surface area (Å²) in [6, 6.07) is 8.75. The van der Waals surface area contributed by atoms with Crippen molar-refractivity contribution in [1.82, 2.24) is 5.32 Å². The molecule has 0 amide bonds. The molecule has 1 N–H and O–H groups in total. The Morgan fingerprint density at radius 3 is 2.60 bits per heavy atom. The standard InChI is InChI=1S/C16H27NO3/c1-14-6-4-7-15(12-14)16(17-2)13-20-9-5-8-19-11-10-18-3/h4,6-7,12,16-17H,5,8-11,13H2,1-3H3. The largest absolute Gasteiger partial charge is 0.382 e. The second kappa shape index (κ2) is 10.8. The van der Waals surface area contributed by atoms with E-state index in [1.165, 1.54) is 11.1 Å². The van der Waals surface area contributed by atoms with Gasteiger partial charge in [0.05, 0.1) is 25.9 Å². The van der Waals surface area contributed by atoms with E-state index in [9.17, 15) is 0 Å². The van der Waals surface area contributed by atoms with Crippen molar-refractivity contribution in [2.45, 2.75) is 19.4 Å². The first kappa shape index (κ1) is 17.1. The Morgan fingerprint density at radius 2 is 1.90 bits per heavy atom. The molecule has 1 atom stereocenters. The van der Waals surface area contributed by atoms with E-state index in [1.807, 2.05) is 7.05 Å². The topological polar surface area (TPSA) is 39.7 Å². The molecule has 0 saturated carbocycles. The second-order valence-corrected chi connectivity index (χ2v) is 4.79. The molecule has 0 fully saturated rings. The molecule has 0 heterocycles. The van der Waals surface area contributed by atoms with E-state index < -0.39 is 0 Å². The number of hydrogen-bond donors (Lipinski definition) is 1. The van der Waals surface area contributed by atoms with Crippen LogP contribution < -0.4 is 5.32 Å². The number of benzene rings is 1. The average Bonchev–Trinajstić information content (AvgIpc) is 2.46. The molecule has 1 aromatic carbocycles. The lowest BCUT2D eigenvalue weighted by Crippen LogP contribution is -2.22. The van der Waals surface area contributed by atoms with Crippen LogP contribution in [-0.4, -0.2) is 47.2 Å². The maximum absolute atomic E-state index is 5.71. The molecule has 0 saturated heterocycles. The van der Waals surface area contributed by atoms with Crippen molar-refractivity contribution >= 4 is 0 Å². The van der Waals surface area contributed by atoms with E-state index in [0.29, 0.717) is 19.8 Å². The van der Waals surface area contributed by atoms with E-state index in [0.717, 1.165) is 19.6 Å². The lowest BCUT2D eigenvalue weighted by atomic mass is 10.1. The molecule has 0 aromatic heterocycles. The van der Waals surface area contributed by atoms with Gasteiger partial charge in [-0.2, -0.15) is 0 Å². The van der Waals surface area contributed by atoms with E-state index in [-0.39, 0.29) is 6.04 Å². The van der Waals surface area contributed by atoms with Crippen LogP contribution >= 0.6 is 0 Å². The lowest BCUT2D eigenvalue weighted by Gasteiger charge is -2.17. The maximum Gasteiger partial charge on any atom is 0.0700 e. The smallest absolute Gasteiger partial charge is 0.0700 e. The zero-order chi connectivity index (χ0) is 14.6. The average molecular weight is 281 g/mol. The molecule has 0 aliphatic rings. The van der Waals surface area contributed by atoms with Crippen LogP contribution in [0.25, 0.3) is 0 Å². The zero-order valence-electron chi connectivity index (χ0n) is 12.9. The number of rotatable bonds is 11. The third kappa shape index (κ3) is 7.01. The van der Waals surface area contributed by atoms with E-state index >= 15 is 0 Å². The van der Waals surface area contributed by atoms with Crippen molar-refractivity contribution in [1.29, 1.82) is 0 Å². The highest BCUT2D eigenvalue weighted by molar-refractivity contribution is 5.25. The molecule has 0 aliphatic heterocycles. The monoisotopic (exact) mass is 281 g/mol. The molecule has 1 aromatic rings. The number of hydrogen-bond acceptors (Lipinski definition) is 4. The summed E-state index contributed by atoms with van der Waals surface area (Å²) < 4.78 is 16.0. The predicted molar refractivity (Wildman–Crippen MR) is 81.1 cm³/mol. The fraction of sp³-hybridized carbons (Fsp3) is 0.625. The Balaban J connectivity index is 2.16. The van der Waals surface area contributed by atoms with Gasteiger partial charge in [0.2, 0.25) is 0 Å². The summed E-state index contributed by atoms with van der Waals surface area (Å²) in [5.74, 6) is 0. The highest BCUT2D eigenvalue weighted by Crippen LogP contribution is 2.14. The van der Waals surface area contributed by atoms with E-state index in [4.69, 9.17) is 14.2 Å². The molecule has 1 rings (SSSR count). The number of likely N-dealkylation sites (N-methyl/N-ethyl adjacent to an activating group) is 1. The van der Waals surface area contributed by atoms with Crippen LogP contribution in [0, 0.1) is 6.92 Å². The first-order valence-electron chi connectivity index (χ1n) is 7.16. The fourth-order valence-electron chi connectivity index (χ4n) is 1.94. The number of aryl methyl sites for hydroxylation is 1. The SMILES string of the molecule is CNC(COCCCOCCOC)c1cccc(C)c1. The van der Waals surface area contributed by atoms with Gasteiger partial charge in [-0.25, -0.2) is 0 Å². The first-order valence-corrected chi connectivity index (χ1v) is 7.16. The normalized spacial score (nSPS) is 12.6. The summed E-state index contributed by atoms with van der Waals surface area (Å²) in [6.45, 7) is 5.52. The Labute approximate surface area is 122 Å². The quantitative estimate of drug-likeness (QED) is 0.632. The van der Waals surface area contributed by atoms with Gasteiger partial charge in [0.15, 0.2) is 0 Å². The van der Waals surface area contributed by atoms with Gasteiger partial charge in [-0.05, 0) is 26.0 Å². The van der Waals surface area contributed by atoms with Crippen LogP contribution in [0.3, 0.4) is 0 Å². The van der Waals surface area contributed by atoms with Gasteiger partial charge in [-0.3, -0.25) is 0 Å². The molecule has 0 radical (unpaired) electrons. The highest BCUT2D eigenvalue weighted by Gasteiger charge is 2.08. The zero-order valence-corrected chi connectivity index (χ0v) is 12.9. The summed E-state index contributed by atoms with van der Waals surface area (Å²) in [7, 11) is 3.64. The number of methoxy groups -OCH3 is 1. The van der Waals surface area contributed by atoms with Crippen molar-refractivity contribution in [2.24, 2.45) is 0 Å². The summed E-state index contributed by atoms with van der Waals surface area (Å²) in [5, 5.41) is 3.29. The molecule has 0 spiro atoms. The second-order valence-electron chi connectivity index (χ2n) is 4.79. The van der Waals surface area contributed by atoms with Gasteiger partial charge in [0, 0.05) is 20.3 Å². The minimum absolute atomic E-state index is 0.240. The van der Waals surface area contributed by atoms with Crippen molar-refractivity contribution in [3.05, 3.63) is 35.4 Å². The minimum Gasteiger partial charge on any atom is -0.382 e. The van der Waals surface area contributed by atoms with Crippen LogP contribution in [-0.2, 0) is 14.2 Å². The van der Waals surface area contributed by atoms with Gasteiger partial charge in [0.25, 0.3) is 0 Å². The molecular formula is C16H27NO3. The molecule has 1 unspecified atom stereocenters. The third-order valence-corrected chi connectivity index (χ3v) is 3.09. The van der Waals surface area contributed by atoms with Crippen molar-refractivity contribution in [2.75, 3.05) is 47.2 Å². The fourth-order valence-corrected chi connectivity index (χ4v) is 1.94. The van der Waals surface area contributed by atoms with Crippen LogP contribution in [0.15, 0.2) is 24.3 Å². The molecule has 0 bridgehead atoms. The Kier molecular flexibility index (Phi) is 9.24. The Morgan fingerprint density at radius 1 is 1.10 bits per heavy atom. The molecule has 20 heavy (non-hydrogen) atoms. The van der Waals surface area contributed by atoms with Gasteiger partial charge in [-0.15, -0.1) is 0 Å². The van der Waals surface area contributed by atoms with Crippen LogP contribution in [0.1, 0.15) is 23.6 Å². The van der Waals surface area contributed by atoms with E-state index in [1.54, 1.807) is 7.11 Å². The molecule has 4 nitrogen and oxygen atoms in total. The summed E-state index contributed by atoms with van der Waals surface area (Å²) in [5.41, 5.74) is 2.54. The molecular weight excluding hydrogens is 254 g/mol. The number of ether oxygens (including phenoxy) is 3. The summed E-state index contributed by atoms with van der Waals surface area (Å²) in [4.78, 5) is 0.